The zero-order valence-corrected chi connectivity index (χ0v) is 12.9. The zero-order chi connectivity index (χ0) is 14.8. The Bertz CT molecular complexity index is 488. The number of phenolic OH excluding ortho intramolecular Hbond substituents is 1. The van der Waals surface area contributed by atoms with E-state index in [1.54, 1.807) is 6.07 Å². The smallest absolute Gasteiger partial charge is 0.143 e. The van der Waals surface area contributed by atoms with Gasteiger partial charge < -0.3 is 10.3 Å². The maximum atomic E-state index is 9.82. The van der Waals surface area contributed by atoms with Crippen molar-refractivity contribution in [2.24, 2.45) is 10.6 Å². The highest BCUT2D eigenvalue weighted by Gasteiger charge is 2.28. The molecule has 1 aromatic carbocycles. The van der Waals surface area contributed by atoms with Crippen LogP contribution in [0.3, 0.4) is 0 Å². The van der Waals surface area contributed by atoms with Crippen LogP contribution in [0.1, 0.15) is 52.2 Å². The van der Waals surface area contributed by atoms with E-state index >= 15 is 0 Å². The quantitative estimate of drug-likeness (QED) is 0.485. The van der Waals surface area contributed by atoms with E-state index in [0.717, 1.165) is 12.0 Å². The van der Waals surface area contributed by atoms with Crippen molar-refractivity contribution in [3.8, 4) is 5.75 Å². The van der Waals surface area contributed by atoms with Crippen LogP contribution in [0.2, 0.25) is 5.02 Å². The minimum Gasteiger partial charge on any atom is -0.506 e. The van der Waals surface area contributed by atoms with E-state index in [4.69, 9.17) is 16.8 Å². The van der Waals surface area contributed by atoms with Crippen molar-refractivity contribution in [3.05, 3.63) is 28.3 Å². The van der Waals surface area contributed by atoms with Crippen LogP contribution in [-0.4, -0.2) is 16.5 Å². The van der Waals surface area contributed by atoms with E-state index in [2.05, 4.69) is 39.8 Å². The summed E-state index contributed by atoms with van der Waals surface area (Å²) in [6.45, 7) is 10.8. The molecule has 19 heavy (non-hydrogen) atoms. The van der Waals surface area contributed by atoms with Crippen molar-refractivity contribution in [1.29, 1.82) is 0 Å². The molecule has 0 fully saturated rings. The summed E-state index contributed by atoms with van der Waals surface area (Å²) in [6.07, 6.45) is 2.16. The van der Waals surface area contributed by atoms with Gasteiger partial charge in [0, 0.05) is 5.56 Å². The summed E-state index contributed by atoms with van der Waals surface area (Å²) in [4.78, 5) is 0. The molecule has 4 heteroatoms. The van der Waals surface area contributed by atoms with E-state index in [-0.39, 0.29) is 21.6 Å². The van der Waals surface area contributed by atoms with Gasteiger partial charge in [0.1, 0.15) is 5.75 Å². The highest BCUT2D eigenvalue weighted by Crippen LogP contribution is 2.39. The minimum atomic E-state index is -0.0896. The Balaban J connectivity index is 3.27. The van der Waals surface area contributed by atoms with Crippen LogP contribution >= 0.6 is 11.6 Å². The maximum Gasteiger partial charge on any atom is 0.143 e. The molecule has 0 aliphatic carbocycles. The first kappa shape index (κ1) is 15.8. The molecule has 0 aliphatic heterocycles. The van der Waals surface area contributed by atoms with Crippen LogP contribution in [0.5, 0.6) is 5.75 Å². The second kappa shape index (κ2) is 5.41. The number of hydrogen-bond acceptors (Lipinski definition) is 3. The molecule has 0 atom stereocenters. The number of benzene rings is 1. The van der Waals surface area contributed by atoms with E-state index in [9.17, 15) is 5.11 Å². The van der Waals surface area contributed by atoms with Gasteiger partial charge in [0.05, 0.1) is 11.2 Å². The third-order valence-electron chi connectivity index (χ3n) is 3.04. The third kappa shape index (κ3) is 4.13. The third-order valence-corrected chi connectivity index (χ3v) is 3.33. The number of rotatable bonds is 3. The Kier molecular flexibility index (Phi) is 4.51. The predicted molar refractivity (Wildman–Crippen MR) is 79.6 cm³/mol. The number of oxime groups is 1. The summed E-state index contributed by atoms with van der Waals surface area (Å²) in [7, 11) is 0. The molecule has 0 amide bonds. The van der Waals surface area contributed by atoms with Gasteiger partial charge in [-0.25, -0.2) is 0 Å². The average molecular weight is 284 g/mol. The fourth-order valence-corrected chi connectivity index (χ4v) is 2.83. The standard InChI is InChI=1S/C15H22ClNO2/c1-14(2,3)9-15(4,5)11-6-10(8-17-19)13(18)12(16)7-11/h6-8,18-19H,9H2,1-5H3/b17-8+. The first-order valence-corrected chi connectivity index (χ1v) is 6.65. The molecule has 0 saturated carbocycles. The molecule has 0 bridgehead atoms. The second-order valence-corrected chi connectivity index (χ2v) is 7.17. The van der Waals surface area contributed by atoms with Crippen molar-refractivity contribution >= 4 is 17.8 Å². The number of halogens is 1. The number of aromatic hydroxyl groups is 1. The summed E-state index contributed by atoms with van der Waals surface area (Å²) in [6, 6.07) is 3.59. The lowest BCUT2D eigenvalue weighted by atomic mass is 9.72. The van der Waals surface area contributed by atoms with E-state index in [1.165, 1.54) is 6.21 Å². The topological polar surface area (TPSA) is 52.8 Å². The molecular formula is C15H22ClNO2. The number of hydrogen-bond donors (Lipinski definition) is 2. The van der Waals surface area contributed by atoms with Crippen molar-refractivity contribution in [2.45, 2.75) is 46.5 Å². The molecule has 0 unspecified atom stereocenters. The molecule has 0 saturated heterocycles. The maximum absolute atomic E-state index is 9.82. The van der Waals surface area contributed by atoms with Crippen molar-refractivity contribution in [2.75, 3.05) is 0 Å². The van der Waals surface area contributed by atoms with Crippen LogP contribution in [-0.2, 0) is 5.41 Å². The second-order valence-electron chi connectivity index (χ2n) is 6.76. The van der Waals surface area contributed by atoms with Crippen LogP contribution in [0.15, 0.2) is 17.3 Å². The van der Waals surface area contributed by atoms with Gasteiger partial charge in [-0.05, 0) is 34.9 Å². The fraction of sp³-hybridized carbons (Fsp3) is 0.533. The molecular weight excluding hydrogens is 262 g/mol. The average Bonchev–Trinajstić information content (AvgIpc) is 2.21. The molecule has 106 valence electrons. The zero-order valence-electron chi connectivity index (χ0n) is 12.2. The Morgan fingerprint density at radius 3 is 2.26 bits per heavy atom. The lowest BCUT2D eigenvalue weighted by Crippen LogP contribution is -2.25. The molecule has 1 aromatic rings. The first-order valence-electron chi connectivity index (χ1n) is 6.27. The molecule has 0 radical (unpaired) electrons. The predicted octanol–water partition coefficient (Wildman–Crippen LogP) is 4.57. The molecule has 0 spiro atoms. The Hall–Kier alpha value is -1.22. The first-order chi connectivity index (χ1) is 8.57. The van der Waals surface area contributed by atoms with Crippen LogP contribution in [0, 0.1) is 5.41 Å². The lowest BCUT2D eigenvalue weighted by Gasteiger charge is -2.33. The van der Waals surface area contributed by atoms with Crippen LogP contribution in [0.25, 0.3) is 0 Å². The highest BCUT2D eigenvalue weighted by molar-refractivity contribution is 6.32. The largest absolute Gasteiger partial charge is 0.506 e. The fourth-order valence-electron chi connectivity index (χ4n) is 2.60. The summed E-state index contributed by atoms with van der Waals surface area (Å²) in [5.41, 5.74) is 1.53. The summed E-state index contributed by atoms with van der Waals surface area (Å²) >= 11 is 6.04. The molecule has 1 rings (SSSR count). The van der Waals surface area contributed by atoms with Gasteiger partial charge in [0.25, 0.3) is 0 Å². The van der Waals surface area contributed by atoms with Gasteiger partial charge in [-0.2, -0.15) is 0 Å². The minimum absolute atomic E-state index is 0.0604. The van der Waals surface area contributed by atoms with Crippen molar-refractivity contribution in [3.63, 3.8) is 0 Å². The monoisotopic (exact) mass is 283 g/mol. The summed E-state index contributed by atoms with van der Waals surface area (Å²) < 4.78 is 0. The van der Waals surface area contributed by atoms with Gasteiger partial charge >= 0.3 is 0 Å². The Labute approximate surface area is 119 Å². The van der Waals surface area contributed by atoms with Gasteiger partial charge in [-0.3, -0.25) is 0 Å². The van der Waals surface area contributed by atoms with E-state index in [0.29, 0.717) is 5.56 Å². The highest BCUT2D eigenvalue weighted by atomic mass is 35.5. The normalized spacial score (nSPS) is 13.2. The summed E-state index contributed by atoms with van der Waals surface area (Å²) in [5.74, 6) is -0.0604. The van der Waals surface area contributed by atoms with Gasteiger partial charge in [0.15, 0.2) is 0 Å². The van der Waals surface area contributed by atoms with Crippen LogP contribution in [0.4, 0.5) is 0 Å². The van der Waals surface area contributed by atoms with Gasteiger partial charge in [0.2, 0.25) is 0 Å². The molecule has 0 aromatic heterocycles. The number of phenols is 1. The van der Waals surface area contributed by atoms with Gasteiger partial charge in [-0.15, -0.1) is 0 Å². The molecule has 2 N–H and O–H groups in total. The molecule has 0 heterocycles. The Morgan fingerprint density at radius 1 is 1.21 bits per heavy atom. The van der Waals surface area contributed by atoms with Gasteiger partial charge in [-0.1, -0.05) is 51.4 Å². The number of nitrogens with zero attached hydrogens (tertiary/aromatic N) is 1. The Morgan fingerprint density at radius 2 is 1.79 bits per heavy atom. The molecule has 0 aliphatic rings. The van der Waals surface area contributed by atoms with Crippen molar-refractivity contribution in [1.82, 2.24) is 0 Å². The molecule has 3 nitrogen and oxygen atoms in total. The van der Waals surface area contributed by atoms with E-state index < -0.39 is 0 Å². The van der Waals surface area contributed by atoms with E-state index in [1.807, 2.05) is 6.07 Å². The summed E-state index contributed by atoms with van der Waals surface area (Å²) in [5, 5.41) is 21.7. The van der Waals surface area contributed by atoms with Crippen LogP contribution < -0.4 is 0 Å². The van der Waals surface area contributed by atoms with Crippen molar-refractivity contribution < 1.29 is 10.3 Å². The lowest BCUT2D eigenvalue weighted by molar-refractivity contribution is 0.284. The SMILES string of the molecule is CC(C)(C)CC(C)(C)c1cc(Cl)c(O)c(/C=N/O)c1.